The molecule has 0 radical (unpaired) electrons. The molecule has 1 amide bonds. The number of anilines is 1. The fraction of sp³-hybridized carbons (Fsp3) is 0.0769. The first-order valence-corrected chi connectivity index (χ1v) is 5.79. The minimum atomic E-state index is -0.695. The van der Waals surface area contributed by atoms with Gasteiger partial charge in [-0.1, -0.05) is 23.7 Å². The molecule has 0 saturated heterocycles. The summed E-state index contributed by atoms with van der Waals surface area (Å²) < 4.78 is 9.61. The van der Waals surface area contributed by atoms with Gasteiger partial charge in [-0.25, -0.2) is 4.79 Å². The van der Waals surface area contributed by atoms with Crippen molar-refractivity contribution in [1.82, 2.24) is 0 Å². The molecule has 0 fully saturated rings. The van der Waals surface area contributed by atoms with Gasteiger partial charge in [0, 0.05) is 0 Å². The normalized spacial score (nSPS) is 9.95. The SMILES string of the molecule is O=C(COC(=O)c1ccco1)Nc1ccccc1Cl. The second kappa shape index (κ2) is 6.06. The van der Waals surface area contributed by atoms with Crippen molar-refractivity contribution in [2.45, 2.75) is 0 Å². The Balaban J connectivity index is 1.86. The number of nitrogens with one attached hydrogen (secondary N) is 1. The molecule has 0 atom stereocenters. The van der Waals surface area contributed by atoms with E-state index in [1.807, 2.05) is 0 Å². The average Bonchev–Trinajstić information content (AvgIpc) is 2.93. The van der Waals surface area contributed by atoms with Crippen molar-refractivity contribution in [2.75, 3.05) is 11.9 Å². The number of rotatable bonds is 4. The predicted octanol–water partition coefficient (Wildman–Crippen LogP) is 2.73. The van der Waals surface area contributed by atoms with Gasteiger partial charge in [0.15, 0.2) is 6.61 Å². The third-order valence-electron chi connectivity index (χ3n) is 2.20. The summed E-state index contributed by atoms with van der Waals surface area (Å²) in [4.78, 5) is 23.0. The van der Waals surface area contributed by atoms with Gasteiger partial charge in [-0.3, -0.25) is 4.79 Å². The number of esters is 1. The van der Waals surface area contributed by atoms with Crippen molar-refractivity contribution in [3.63, 3.8) is 0 Å². The summed E-state index contributed by atoms with van der Waals surface area (Å²) >= 11 is 5.87. The number of benzene rings is 1. The van der Waals surface area contributed by atoms with Crippen LogP contribution in [0.5, 0.6) is 0 Å². The van der Waals surface area contributed by atoms with Crippen molar-refractivity contribution in [3.05, 3.63) is 53.4 Å². The summed E-state index contributed by atoms with van der Waals surface area (Å²) in [6.45, 7) is -0.412. The fourth-order valence-corrected chi connectivity index (χ4v) is 1.53. The lowest BCUT2D eigenvalue weighted by molar-refractivity contribution is -0.119. The lowest BCUT2D eigenvalue weighted by Crippen LogP contribution is -2.20. The molecule has 2 aromatic rings. The Morgan fingerprint density at radius 2 is 2.00 bits per heavy atom. The monoisotopic (exact) mass is 279 g/mol. The molecular formula is C13H10ClNO4. The maximum Gasteiger partial charge on any atom is 0.374 e. The largest absolute Gasteiger partial charge is 0.457 e. The van der Waals surface area contributed by atoms with Gasteiger partial charge >= 0.3 is 5.97 Å². The molecule has 1 aromatic carbocycles. The van der Waals surface area contributed by atoms with Crippen molar-refractivity contribution in [3.8, 4) is 0 Å². The summed E-state index contributed by atoms with van der Waals surface area (Å²) in [5.41, 5.74) is 0.461. The number of carbonyl (C=O) groups is 2. The first-order chi connectivity index (χ1) is 9.16. The Kier molecular flexibility index (Phi) is 4.20. The maximum atomic E-state index is 11.6. The molecule has 1 N–H and O–H groups in total. The van der Waals surface area contributed by atoms with Gasteiger partial charge in [0.05, 0.1) is 17.0 Å². The van der Waals surface area contributed by atoms with E-state index in [0.29, 0.717) is 10.7 Å². The van der Waals surface area contributed by atoms with Crippen molar-refractivity contribution in [2.24, 2.45) is 0 Å². The van der Waals surface area contributed by atoms with E-state index in [-0.39, 0.29) is 5.76 Å². The second-order valence-corrected chi connectivity index (χ2v) is 3.99. The van der Waals surface area contributed by atoms with Gasteiger partial charge in [-0.15, -0.1) is 0 Å². The van der Waals surface area contributed by atoms with Gasteiger partial charge in [-0.2, -0.15) is 0 Å². The molecule has 0 unspecified atom stereocenters. The lowest BCUT2D eigenvalue weighted by atomic mass is 10.3. The highest BCUT2D eigenvalue weighted by molar-refractivity contribution is 6.33. The Bertz CT molecular complexity index is 580. The van der Waals surface area contributed by atoms with Crippen LogP contribution in [0.4, 0.5) is 5.69 Å². The number of furan rings is 1. The van der Waals surface area contributed by atoms with E-state index < -0.39 is 18.5 Å². The van der Waals surface area contributed by atoms with Crippen molar-refractivity contribution in [1.29, 1.82) is 0 Å². The molecule has 19 heavy (non-hydrogen) atoms. The zero-order valence-corrected chi connectivity index (χ0v) is 10.5. The van der Waals surface area contributed by atoms with E-state index in [2.05, 4.69) is 5.32 Å². The molecule has 0 aliphatic rings. The topological polar surface area (TPSA) is 68.5 Å². The first-order valence-electron chi connectivity index (χ1n) is 5.42. The zero-order chi connectivity index (χ0) is 13.7. The van der Waals surface area contributed by atoms with Crippen LogP contribution in [0.15, 0.2) is 47.1 Å². The molecular weight excluding hydrogens is 270 g/mol. The highest BCUT2D eigenvalue weighted by Crippen LogP contribution is 2.20. The number of ether oxygens (including phenoxy) is 1. The van der Waals surface area contributed by atoms with Crippen LogP contribution in [0.2, 0.25) is 5.02 Å². The van der Waals surface area contributed by atoms with Crippen LogP contribution < -0.4 is 5.32 Å². The maximum absolute atomic E-state index is 11.6. The third-order valence-corrected chi connectivity index (χ3v) is 2.53. The Morgan fingerprint density at radius 1 is 1.21 bits per heavy atom. The molecule has 1 heterocycles. The molecule has 0 aliphatic heterocycles. The van der Waals surface area contributed by atoms with Crippen LogP contribution in [-0.2, 0) is 9.53 Å². The number of halogens is 1. The molecule has 0 spiro atoms. The summed E-state index contributed by atoms with van der Waals surface area (Å²) in [6.07, 6.45) is 1.35. The smallest absolute Gasteiger partial charge is 0.374 e. The molecule has 5 nitrogen and oxygen atoms in total. The Morgan fingerprint density at radius 3 is 2.68 bits per heavy atom. The minimum absolute atomic E-state index is 0.0468. The fourth-order valence-electron chi connectivity index (χ4n) is 1.35. The molecule has 98 valence electrons. The highest BCUT2D eigenvalue weighted by Gasteiger charge is 2.13. The van der Waals surface area contributed by atoms with E-state index >= 15 is 0 Å². The molecule has 0 aliphatic carbocycles. The molecule has 1 aromatic heterocycles. The molecule has 0 bridgehead atoms. The Labute approximate surface area is 114 Å². The number of para-hydroxylation sites is 1. The highest BCUT2D eigenvalue weighted by atomic mass is 35.5. The van der Waals surface area contributed by atoms with E-state index in [0.717, 1.165) is 0 Å². The quantitative estimate of drug-likeness (QED) is 0.874. The zero-order valence-electron chi connectivity index (χ0n) is 9.76. The Hall–Kier alpha value is -2.27. The number of hydrogen-bond donors (Lipinski definition) is 1. The standard InChI is InChI=1S/C13H10ClNO4/c14-9-4-1-2-5-10(9)15-12(16)8-19-13(17)11-6-3-7-18-11/h1-7H,8H2,(H,15,16). The van der Waals surface area contributed by atoms with E-state index in [4.69, 9.17) is 20.8 Å². The van der Waals surface area contributed by atoms with E-state index in [1.54, 1.807) is 30.3 Å². The van der Waals surface area contributed by atoms with Crippen LogP contribution in [0.1, 0.15) is 10.6 Å². The molecule has 6 heteroatoms. The van der Waals surface area contributed by atoms with Crippen molar-refractivity contribution >= 4 is 29.2 Å². The van der Waals surface area contributed by atoms with Gasteiger partial charge in [0.1, 0.15) is 0 Å². The number of hydrogen-bond acceptors (Lipinski definition) is 4. The van der Waals surface area contributed by atoms with Gasteiger partial charge < -0.3 is 14.5 Å². The van der Waals surface area contributed by atoms with Gasteiger partial charge in [-0.05, 0) is 24.3 Å². The number of amides is 1. The summed E-state index contributed by atoms with van der Waals surface area (Å²) in [5.74, 6) is -1.13. The van der Waals surface area contributed by atoms with Crippen molar-refractivity contribution < 1.29 is 18.7 Å². The number of carbonyl (C=O) groups excluding carboxylic acids is 2. The first kappa shape index (κ1) is 13.2. The van der Waals surface area contributed by atoms with Gasteiger partial charge in [0.25, 0.3) is 5.91 Å². The summed E-state index contributed by atoms with van der Waals surface area (Å²) in [7, 11) is 0. The van der Waals surface area contributed by atoms with Crippen LogP contribution in [0.3, 0.4) is 0 Å². The van der Waals surface area contributed by atoms with E-state index in [1.165, 1.54) is 12.3 Å². The molecule has 2 rings (SSSR count). The second-order valence-electron chi connectivity index (χ2n) is 3.58. The molecule has 0 saturated carbocycles. The predicted molar refractivity (Wildman–Crippen MR) is 69.1 cm³/mol. The lowest BCUT2D eigenvalue weighted by Gasteiger charge is -2.06. The van der Waals surface area contributed by atoms with Crippen LogP contribution in [-0.4, -0.2) is 18.5 Å². The minimum Gasteiger partial charge on any atom is -0.457 e. The summed E-state index contributed by atoms with van der Waals surface area (Å²) in [6, 6.07) is 9.78. The summed E-state index contributed by atoms with van der Waals surface area (Å²) in [5, 5.41) is 2.94. The van der Waals surface area contributed by atoms with Gasteiger partial charge in [0.2, 0.25) is 5.76 Å². The van der Waals surface area contributed by atoms with Crippen LogP contribution >= 0.6 is 11.6 Å². The van der Waals surface area contributed by atoms with Crippen LogP contribution in [0.25, 0.3) is 0 Å². The van der Waals surface area contributed by atoms with Crippen LogP contribution in [0, 0.1) is 0 Å². The average molecular weight is 280 g/mol. The third kappa shape index (κ3) is 3.59. The van der Waals surface area contributed by atoms with E-state index in [9.17, 15) is 9.59 Å².